The van der Waals surface area contributed by atoms with Crippen LogP contribution >= 0.6 is 29.2 Å². The minimum Gasteiger partial charge on any atom is -0.354 e. The van der Waals surface area contributed by atoms with Gasteiger partial charge in [0.05, 0.1) is 6.61 Å². The molecule has 0 aromatic heterocycles. The molecular weight excluding hydrogens is 266 g/mol. The molecule has 0 saturated carbocycles. The minimum absolute atomic E-state index is 0.513. The Bertz CT molecular complexity index is 240. The lowest BCUT2D eigenvalue weighted by molar-refractivity contribution is 0.422. The Morgan fingerprint density at radius 2 is 2.06 bits per heavy atom. The quantitative estimate of drug-likeness (QED) is 0.311. The van der Waals surface area contributed by atoms with Crippen LogP contribution in [0.3, 0.4) is 0 Å². The number of thioether (sulfide) groups is 1. The van der Waals surface area contributed by atoms with Crippen molar-refractivity contribution in [1.82, 2.24) is 0 Å². The standard InChI is InChI=1S/C13H26OP2S/c1-4-10-17-11-13(3)7-5-6-12(2)8-9-14-16-15/h7-8,16H,4-6,9-11,15H2,1-3H3/b12-8+,13-7+. The van der Waals surface area contributed by atoms with Crippen LogP contribution in [0.4, 0.5) is 0 Å². The van der Waals surface area contributed by atoms with Gasteiger partial charge in [-0.3, -0.25) is 0 Å². The summed E-state index contributed by atoms with van der Waals surface area (Å²) >= 11 is 2.03. The zero-order valence-electron chi connectivity index (χ0n) is 11.3. The molecule has 0 amide bonds. The van der Waals surface area contributed by atoms with E-state index in [1.807, 2.05) is 11.8 Å². The highest BCUT2D eigenvalue weighted by Gasteiger charge is 1.92. The summed E-state index contributed by atoms with van der Waals surface area (Å²) in [5, 5.41) is 0. The van der Waals surface area contributed by atoms with Gasteiger partial charge in [0.2, 0.25) is 0 Å². The molecule has 0 aromatic carbocycles. The largest absolute Gasteiger partial charge is 0.354 e. The summed E-state index contributed by atoms with van der Waals surface area (Å²) in [6.07, 6.45) is 8.14. The summed E-state index contributed by atoms with van der Waals surface area (Å²) in [5.41, 5.74) is 2.94. The number of hydrogen-bond acceptors (Lipinski definition) is 2. The first kappa shape index (κ1) is 17.6. The lowest BCUT2D eigenvalue weighted by atomic mass is 10.1. The second-order valence-electron chi connectivity index (χ2n) is 4.12. The van der Waals surface area contributed by atoms with Crippen LogP contribution in [-0.4, -0.2) is 18.1 Å². The Balaban J connectivity index is 3.65. The Morgan fingerprint density at radius 3 is 2.71 bits per heavy atom. The summed E-state index contributed by atoms with van der Waals surface area (Å²) in [6.45, 7) is 7.41. The Kier molecular flexibility index (Phi) is 13.6. The molecular formula is C13H26OP2S. The van der Waals surface area contributed by atoms with Crippen molar-refractivity contribution in [2.45, 2.75) is 40.0 Å². The molecule has 0 aliphatic carbocycles. The van der Waals surface area contributed by atoms with Gasteiger partial charge >= 0.3 is 0 Å². The maximum absolute atomic E-state index is 5.29. The molecule has 0 aliphatic heterocycles. The van der Waals surface area contributed by atoms with Gasteiger partial charge in [-0.05, 0) is 38.9 Å². The molecule has 0 saturated heterocycles. The fourth-order valence-electron chi connectivity index (χ4n) is 1.32. The number of allylic oxidation sites excluding steroid dienone is 2. The molecule has 2 unspecified atom stereocenters. The molecule has 0 fully saturated rings. The minimum atomic E-state index is 0.513. The first-order chi connectivity index (χ1) is 8.20. The van der Waals surface area contributed by atoms with Gasteiger partial charge in [-0.2, -0.15) is 11.8 Å². The second-order valence-corrected chi connectivity index (χ2v) is 6.46. The molecule has 0 spiro atoms. The number of rotatable bonds is 10. The maximum atomic E-state index is 5.29. The predicted molar refractivity (Wildman–Crippen MR) is 88.3 cm³/mol. The van der Waals surface area contributed by atoms with Crippen molar-refractivity contribution in [1.29, 1.82) is 0 Å². The zero-order valence-corrected chi connectivity index (χ0v) is 14.3. The maximum Gasteiger partial charge on any atom is 0.0693 e. The van der Waals surface area contributed by atoms with Crippen molar-refractivity contribution in [3.8, 4) is 0 Å². The van der Waals surface area contributed by atoms with Gasteiger partial charge in [-0.25, -0.2) is 0 Å². The molecule has 0 aliphatic rings. The summed E-state index contributed by atoms with van der Waals surface area (Å²) in [7, 11) is 3.11. The zero-order chi connectivity index (χ0) is 12.9. The van der Waals surface area contributed by atoms with Crippen LogP contribution in [0.2, 0.25) is 0 Å². The average molecular weight is 292 g/mol. The van der Waals surface area contributed by atoms with Crippen molar-refractivity contribution in [2.75, 3.05) is 18.1 Å². The molecule has 0 bridgehead atoms. The van der Waals surface area contributed by atoms with Crippen molar-refractivity contribution in [2.24, 2.45) is 0 Å². The van der Waals surface area contributed by atoms with E-state index < -0.39 is 0 Å². The van der Waals surface area contributed by atoms with Gasteiger partial charge in [0.25, 0.3) is 0 Å². The van der Waals surface area contributed by atoms with Gasteiger partial charge < -0.3 is 4.52 Å². The third kappa shape index (κ3) is 12.9. The van der Waals surface area contributed by atoms with E-state index in [2.05, 4.69) is 41.9 Å². The molecule has 0 aromatic rings. The molecule has 1 nitrogen and oxygen atoms in total. The van der Waals surface area contributed by atoms with Crippen LogP contribution in [0.15, 0.2) is 23.3 Å². The third-order valence-corrected chi connectivity index (χ3v) is 4.50. The van der Waals surface area contributed by atoms with Crippen molar-refractivity contribution in [3.63, 3.8) is 0 Å². The van der Waals surface area contributed by atoms with E-state index in [1.165, 1.54) is 29.1 Å². The normalized spacial score (nSPS) is 13.9. The van der Waals surface area contributed by atoms with E-state index in [4.69, 9.17) is 4.52 Å². The molecule has 0 radical (unpaired) electrons. The monoisotopic (exact) mass is 292 g/mol. The predicted octanol–water partition coefficient (Wildman–Crippen LogP) is 5.20. The van der Waals surface area contributed by atoms with Crippen LogP contribution in [0, 0.1) is 0 Å². The van der Waals surface area contributed by atoms with E-state index >= 15 is 0 Å². The molecule has 0 heterocycles. The Hall–Kier alpha value is 0.650. The highest BCUT2D eigenvalue weighted by atomic mass is 32.2. The summed E-state index contributed by atoms with van der Waals surface area (Å²) < 4.78 is 5.29. The third-order valence-electron chi connectivity index (χ3n) is 2.31. The van der Waals surface area contributed by atoms with E-state index in [-0.39, 0.29) is 0 Å². The highest BCUT2D eigenvalue weighted by molar-refractivity contribution is 8.00. The van der Waals surface area contributed by atoms with Crippen LogP contribution in [0.5, 0.6) is 0 Å². The first-order valence-electron chi connectivity index (χ1n) is 6.17. The van der Waals surface area contributed by atoms with Crippen molar-refractivity contribution < 1.29 is 4.52 Å². The SMILES string of the molecule is CCCSC/C(C)=C/CC/C(C)=C/COPP. The smallest absolute Gasteiger partial charge is 0.0693 e. The topological polar surface area (TPSA) is 9.23 Å². The van der Waals surface area contributed by atoms with Crippen LogP contribution in [0.1, 0.15) is 40.0 Å². The molecule has 2 atom stereocenters. The number of hydrogen-bond donors (Lipinski definition) is 0. The Labute approximate surface area is 115 Å². The molecule has 4 heteroatoms. The molecule has 100 valence electrons. The summed E-state index contributed by atoms with van der Waals surface area (Å²) in [6, 6.07) is 0. The summed E-state index contributed by atoms with van der Waals surface area (Å²) in [5.74, 6) is 2.46. The van der Waals surface area contributed by atoms with Gasteiger partial charge in [0.1, 0.15) is 0 Å². The van der Waals surface area contributed by atoms with Gasteiger partial charge in [-0.15, -0.1) is 0 Å². The molecule has 0 N–H and O–H groups in total. The molecule has 17 heavy (non-hydrogen) atoms. The fourth-order valence-corrected chi connectivity index (χ4v) is 2.66. The average Bonchev–Trinajstić information content (AvgIpc) is 2.30. The van der Waals surface area contributed by atoms with Crippen molar-refractivity contribution >= 4 is 29.2 Å². The van der Waals surface area contributed by atoms with Crippen LogP contribution in [0.25, 0.3) is 0 Å². The van der Waals surface area contributed by atoms with Crippen LogP contribution < -0.4 is 0 Å². The van der Waals surface area contributed by atoms with Crippen LogP contribution in [-0.2, 0) is 4.52 Å². The molecule has 0 rings (SSSR count). The van der Waals surface area contributed by atoms with Gasteiger partial charge in [0.15, 0.2) is 0 Å². The van der Waals surface area contributed by atoms with Gasteiger partial charge in [-0.1, -0.05) is 39.2 Å². The lowest BCUT2D eigenvalue weighted by Crippen LogP contribution is -1.86. The Morgan fingerprint density at radius 1 is 1.29 bits per heavy atom. The van der Waals surface area contributed by atoms with Crippen molar-refractivity contribution in [3.05, 3.63) is 23.3 Å². The summed E-state index contributed by atoms with van der Waals surface area (Å²) in [4.78, 5) is 0. The second kappa shape index (κ2) is 13.1. The van der Waals surface area contributed by atoms with E-state index in [0.717, 1.165) is 19.4 Å². The van der Waals surface area contributed by atoms with E-state index in [9.17, 15) is 0 Å². The van der Waals surface area contributed by atoms with E-state index in [1.54, 1.807) is 0 Å². The fraction of sp³-hybridized carbons (Fsp3) is 0.692. The first-order valence-corrected chi connectivity index (χ1v) is 10.0. The van der Waals surface area contributed by atoms with Gasteiger partial charge in [0, 0.05) is 14.2 Å². The highest BCUT2D eigenvalue weighted by Crippen LogP contribution is 2.21. The van der Waals surface area contributed by atoms with E-state index in [0.29, 0.717) is 8.50 Å². The lowest BCUT2D eigenvalue weighted by Gasteiger charge is -2.02.